The zero-order valence-electron chi connectivity index (χ0n) is 14.8. The van der Waals surface area contributed by atoms with Crippen LogP contribution in [0.3, 0.4) is 0 Å². The number of rotatable bonds is 9. The number of hydrogen-bond acceptors (Lipinski definition) is 7. The molecule has 2 N–H and O–H groups in total. The standard InChI is InChI=1S/C15H25N5O3S2/c1-4-7-16-14-15(19-25(21,22)18-14)17-8-9-24-11-13-6-5-12(23-13)10-20(2)3/h5-6H,4,7-11H2,1-3H3,(H,16,18)(H,17,19). The third kappa shape index (κ3) is 6.71. The van der Waals surface area contributed by atoms with Gasteiger partial charge in [0, 0.05) is 12.3 Å². The Balaban J connectivity index is 1.79. The minimum absolute atomic E-state index is 0.292. The first-order valence-electron chi connectivity index (χ1n) is 8.09. The Morgan fingerprint density at radius 3 is 2.40 bits per heavy atom. The largest absolute Gasteiger partial charge is 0.464 e. The van der Waals surface area contributed by atoms with Gasteiger partial charge in [-0.1, -0.05) is 6.92 Å². The molecule has 0 aliphatic carbocycles. The van der Waals surface area contributed by atoms with E-state index in [0.717, 1.165) is 36.0 Å². The average Bonchev–Trinajstić information content (AvgIpc) is 3.08. The monoisotopic (exact) mass is 387 g/mol. The summed E-state index contributed by atoms with van der Waals surface area (Å²) >= 11 is 1.69. The number of thioether (sulfide) groups is 1. The molecule has 0 radical (unpaired) electrons. The van der Waals surface area contributed by atoms with Crippen molar-refractivity contribution in [1.82, 2.24) is 14.3 Å². The lowest BCUT2D eigenvalue weighted by Gasteiger charge is -2.05. The van der Waals surface area contributed by atoms with Crippen molar-refractivity contribution in [2.24, 2.45) is 9.98 Å². The lowest BCUT2D eigenvalue weighted by atomic mass is 10.4. The first kappa shape index (κ1) is 19.8. The van der Waals surface area contributed by atoms with Crippen molar-refractivity contribution in [1.29, 1.82) is 0 Å². The molecule has 1 aliphatic heterocycles. The van der Waals surface area contributed by atoms with E-state index < -0.39 is 10.2 Å². The lowest BCUT2D eigenvalue weighted by Crippen LogP contribution is -2.24. The summed E-state index contributed by atoms with van der Waals surface area (Å²) in [6.07, 6.45) is 0.841. The van der Waals surface area contributed by atoms with E-state index in [-0.39, 0.29) is 0 Å². The molecule has 1 fully saturated rings. The third-order valence-corrected chi connectivity index (χ3v) is 5.00. The number of hydrogen-bond donors (Lipinski definition) is 2. The summed E-state index contributed by atoms with van der Waals surface area (Å²) < 4.78 is 33.6. The number of nitrogens with zero attached hydrogens (tertiary/aromatic N) is 3. The van der Waals surface area contributed by atoms with Gasteiger partial charge < -0.3 is 9.32 Å². The van der Waals surface area contributed by atoms with Crippen LogP contribution in [0.5, 0.6) is 0 Å². The van der Waals surface area contributed by atoms with Gasteiger partial charge in [0.1, 0.15) is 11.5 Å². The first-order chi connectivity index (χ1) is 11.9. The van der Waals surface area contributed by atoms with Gasteiger partial charge in [-0.2, -0.15) is 20.2 Å². The van der Waals surface area contributed by atoms with Crippen molar-refractivity contribution in [3.05, 3.63) is 23.7 Å². The SMILES string of the molecule is CCCN=C1NS(=O)(=O)NC1=NCCSCc1ccc(CN(C)C)o1. The summed E-state index contributed by atoms with van der Waals surface area (Å²) in [5.41, 5.74) is 0. The van der Waals surface area contributed by atoms with Gasteiger partial charge in [0.2, 0.25) is 0 Å². The minimum atomic E-state index is -3.56. The van der Waals surface area contributed by atoms with E-state index in [2.05, 4.69) is 24.3 Å². The molecule has 2 heterocycles. The smallest absolute Gasteiger partial charge is 0.324 e. The molecule has 1 aliphatic rings. The highest BCUT2D eigenvalue weighted by Crippen LogP contribution is 2.16. The van der Waals surface area contributed by atoms with E-state index in [4.69, 9.17) is 4.42 Å². The summed E-state index contributed by atoms with van der Waals surface area (Å²) in [6.45, 7) is 3.82. The predicted octanol–water partition coefficient (Wildman–Crippen LogP) is 1.22. The normalized spacial score (nSPS) is 19.5. The molecule has 140 valence electrons. The topological polar surface area (TPSA) is 99.3 Å². The Morgan fingerprint density at radius 2 is 1.76 bits per heavy atom. The van der Waals surface area contributed by atoms with E-state index in [1.807, 2.05) is 33.2 Å². The van der Waals surface area contributed by atoms with Gasteiger partial charge >= 0.3 is 10.2 Å². The Kier molecular flexibility index (Phi) is 7.33. The van der Waals surface area contributed by atoms with Crippen LogP contribution in [-0.4, -0.2) is 57.9 Å². The second kappa shape index (κ2) is 9.25. The maximum absolute atomic E-state index is 11.6. The van der Waals surface area contributed by atoms with Crippen molar-refractivity contribution >= 4 is 33.6 Å². The van der Waals surface area contributed by atoms with Gasteiger partial charge in [-0.3, -0.25) is 9.98 Å². The molecule has 0 atom stereocenters. The number of amidine groups is 2. The Labute approximate surface area is 153 Å². The molecule has 1 aromatic heterocycles. The maximum atomic E-state index is 11.6. The molecule has 0 saturated carbocycles. The Hall–Kier alpha value is -1.52. The summed E-state index contributed by atoms with van der Waals surface area (Å²) in [5, 5.41) is 0. The Bertz CT molecular complexity index is 725. The van der Waals surface area contributed by atoms with Crippen LogP contribution in [0.4, 0.5) is 0 Å². The molecule has 0 bridgehead atoms. The van der Waals surface area contributed by atoms with Gasteiger partial charge in [-0.25, -0.2) is 9.44 Å². The summed E-state index contributed by atoms with van der Waals surface area (Å²) in [5.74, 6) is 3.99. The molecule has 0 amide bonds. The summed E-state index contributed by atoms with van der Waals surface area (Å²) in [6, 6.07) is 3.98. The molecule has 2 rings (SSSR count). The maximum Gasteiger partial charge on any atom is 0.324 e. The second-order valence-corrected chi connectivity index (χ2v) is 8.35. The molecule has 1 saturated heterocycles. The molecule has 0 spiro atoms. The molecular weight excluding hydrogens is 362 g/mol. The van der Waals surface area contributed by atoms with Crippen LogP contribution in [0.1, 0.15) is 24.9 Å². The van der Waals surface area contributed by atoms with Crippen LogP contribution in [0.2, 0.25) is 0 Å². The van der Waals surface area contributed by atoms with Gasteiger partial charge in [0.25, 0.3) is 0 Å². The van der Waals surface area contributed by atoms with Crippen LogP contribution in [0, 0.1) is 0 Å². The lowest BCUT2D eigenvalue weighted by molar-refractivity contribution is 0.344. The fourth-order valence-corrected chi connectivity index (χ4v) is 3.71. The van der Waals surface area contributed by atoms with E-state index >= 15 is 0 Å². The van der Waals surface area contributed by atoms with Crippen molar-refractivity contribution in [2.45, 2.75) is 25.6 Å². The van der Waals surface area contributed by atoms with E-state index in [1.165, 1.54) is 0 Å². The summed E-state index contributed by atoms with van der Waals surface area (Å²) in [4.78, 5) is 10.6. The second-order valence-electron chi connectivity index (χ2n) is 5.83. The summed E-state index contributed by atoms with van der Waals surface area (Å²) in [7, 11) is 0.445. The van der Waals surface area contributed by atoms with Gasteiger partial charge in [0.15, 0.2) is 11.7 Å². The zero-order valence-corrected chi connectivity index (χ0v) is 16.4. The fourth-order valence-electron chi connectivity index (χ4n) is 2.11. The highest BCUT2D eigenvalue weighted by Gasteiger charge is 2.27. The number of nitrogens with one attached hydrogen (secondary N) is 2. The van der Waals surface area contributed by atoms with Crippen molar-refractivity contribution in [3.8, 4) is 0 Å². The van der Waals surface area contributed by atoms with Crippen molar-refractivity contribution in [2.75, 3.05) is 32.9 Å². The molecule has 0 aromatic carbocycles. The molecule has 25 heavy (non-hydrogen) atoms. The average molecular weight is 388 g/mol. The van der Waals surface area contributed by atoms with Gasteiger partial charge in [0.05, 0.1) is 18.8 Å². The molecule has 1 aromatic rings. The zero-order chi connectivity index (χ0) is 18.3. The quantitative estimate of drug-likeness (QED) is 0.621. The molecule has 8 nitrogen and oxygen atoms in total. The number of aliphatic imine (C=N–C) groups is 2. The molecule has 0 unspecified atom stereocenters. The van der Waals surface area contributed by atoms with Crippen LogP contribution in [0.25, 0.3) is 0 Å². The van der Waals surface area contributed by atoms with E-state index in [0.29, 0.717) is 24.8 Å². The highest BCUT2D eigenvalue weighted by atomic mass is 32.2. The molecular formula is C15H25N5O3S2. The van der Waals surface area contributed by atoms with Crippen LogP contribution in [0.15, 0.2) is 26.5 Å². The van der Waals surface area contributed by atoms with E-state index in [9.17, 15) is 8.42 Å². The highest BCUT2D eigenvalue weighted by molar-refractivity contribution is 7.98. The number of furan rings is 1. The first-order valence-corrected chi connectivity index (χ1v) is 10.7. The Morgan fingerprint density at radius 1 is 1.12 bits per heavy atom. The van der Waals surface area contributed by atoms with Crippen LogP contribution >= 0.6 is 11.8 Å². The third-order valence-electron chi connectivity index (χ3n) is 3.12. The van der Waals surface area contributed by atoms with Crippen LogP contribution < -0.4 is 9.44 Å². The predicted molar refractivity (Wildman–Crippen MR) is 102 cm³/mol. The van der Waals surface area contributed by atoms with Crippen molar-refractivity contribution < 1.29 is 12.8 Å². The van der Waals surface area contributed by atoms with Crippen molar-refractivity contribution in [3.63, 3.8) is 0 Å². The van der Waals surface area contributed by atoms with Crippen LogP contribution in [-0.2, 0) is 22.5 Å². The minimum Gasteiger partial charge on any atom is -0.464 e. The van der Waals surface area contributed by atoms with E-state index in [1.54, 1.807) is 11.8 Å². The van der Waals surface area contributed by atoms with Gasteiger partial charge in [-0.15, -0.1) is 0 Å². The van der Waals surface area contributed by atoms with Gasteiger partial charge in [-0.05, 0) is 32.6 Å². The molecule has 10 heteroatoms. The fraction of sp³-hybridized carbons (Fsp3) is 0.600.